The maximum Gasteiger partial charge on any atom is 0.400 e. The Kier molecular flexibility index (Phi) is 5.64. The van der Waals surface area contributed by atoms with Crippen LogP contribution < -0.4 is 0 Å². The van der Waals surface area contributed by atoms with Gasteiger partial charge >= 0.3 is 6.18 Å². The summed E-state index contributed by atoms with van der Waals surface area (Å²) < 4.78 is 43.2. The predicted octanol–water partition coefficient (Wildman–Crippen LogP) is 6.16. The maximum absolute atomic E-state index is 14.4. The third kappa shape index (κ3) is 3.99. The van der Waals surface area contributed by atoms with Gasteiger partial charge in [-0.3, -0.25) is 4.79 Å². The highest BCUT2D eigenvalue weighted by Gasteiger charge is 2.59. The Balaban J connectivity index is 1.64. The van der Waals surface area contributed by atoms with E-state index in [4.69, 9.17) is 0 Å². The van der Waals surface area contributed by atoms with E-state index in [0.717, 1.165) is 27.3 Å². The standard InChI is InChI=1S/C24H23F3N2OS/c1-16-7-6-10-19(15-16)20-17(2)28-22(31-20)23(24(25,26)27)11-13-29(14-12-23)21(30)18-8-4-3-5-9-18/h3-10,15H,11-14H2,1-2H3. The normalized spacial score (nSPS) is 16.4. The molecular formula is C24H23F3N2OS. The van der Waals surface area contributed by atoms with Crippen molar-refractivity contribution in [2.75, 3.05) is 13.1 Å². The van der Waals surface area contributed by atoms with Crippen molar-refractivity contribution >= 4 is 17.2 Å². The molecule has 1 fully saturated rings. The first kappa shape index (κ1) is 21.6. The number of amides is 1. The summed E-state index contributed by atoms with van der Waals surface area (Å²) in [4.78, 5) is 19.4. The van der Waals surface area contributed by atoms with Gasteiger partial charge in [0.1, 0.15) is 10.4 Å². The van der Waals surface area contributed by atoms with Crippen LogP contribution >= 0.6 is 11.3 Å². The van der Waals surface area contributed by atoms with Crippen molar-refractivity contribution in [3.8, 4) is 10.4 Å². The first-order valence-electron chi connectivity index (χ1n) is 10.2. The number of carbonyl (C=O) groups excluding carboxylic acids is 1. The quantitative estimate of drug-likeness (QED) is 0.485. The van der Waals surface area contributed by atoms with Crippen molar-refractivity contribution < 1.29 is 18.0 Å². The van der Waals surface area contributed by atoms with E-state index in [9.17, 15) is 18.0 Å². The van der Waals surface area contributed by atoms with Crippen LogP contribution in [0.5, 0.6) is 0 Å². The molecule has 1 aromatic heterocycles. The fourth-order valence-corrected chi connectivity index (χ4v) is 5.46. The number of carbonyl (C=O) groups is 1. The number of likely N-dealkylation sites (tertiary alicyclic amines) is 1. The fourth-order valence-electron chi connectivity index (χ4n) is 4.13. The first-order chi connectivity index (χ1) is 14.7. The number of rotatable bonds is 3. The molecule has 1 aliphatic heterocycles. The number of halogens is 3. The molecule has 0 saturated carbocycles. The lowest BCUT2D eigenvalue weighted by atomic mass is 9.78. The minimum Gasteiger partial charge on any atom is -0.339 e. The van der Waals surface area contributed by atoms with Crippen LogP contribution in [0.25, 0.3) is 10.4 Å². The number of hydrogen-bond acceptors (Lipinski definition) is 3. The number of alkyl halides is 3. The number of thiazole rings is 1. The van der Waals surface area contributed by atoms with Gasteiger partial charge in [0.2, 0.25) is 0 Å². The van der Waals surface area contributed by atoms with Gasteiger partial charge in [0.05, 0.1) is 10.6 Å². The third-order valence-corrected chi connectivity index (χ3v) is 7.36. The van der Waals surface area contributed by atoms with Gasteiger partial charge in [0.25, 0.3) is 5.91 Å². The lowest BCUT2D eigenvalue weighted by Crippen LogP contribution is -2.52. The van der Waals surface area contributed by atoms with Crippen LogP contribution in [-0.2, 0) is 5.41 Å². The smallest absolute Gasteiger partial charge is 0.339 e. The topological polar surface area (TPSA) is 33.2 Å². The van der Waals surface area contributed by atoms with E-state index in [0.29, 0.717) is 11.3 Å². The largest absolute Gasteiger partial charge is 0.400 e. The molecule has 3 nitrogen and oxygen atoms in total. The molecule has 2 aromatic carbocycles. The number of benzene rings is 2. The Morgan fingerprint density at radius 3 is 2.32 bits per heavy atom. The zero-order valence-electron chi connectivity index (χ0n) is 17.4. The van der Waals surface area contributed by atoms with Crippen molar-refractivity contribution in [3.05, 3.63) is 76.4 Å². The Morgan fingerprint density at radius 1 is 1.03 bits per heavy atom. The molecule has 1 aliphatic rings. The summed E-state index contributed by atoms with van der Waals surface area (Å²) in [5, 5.41) is 0.0980. The van der Waals surface area contributed by atoms with Crippen LogP contribution in [0.4, 0.5) is 13.2 Å². The molecule has 4 rings (SSSR count). The summed E-state index contributed by atoms with van der Waals surface area (Å²) in [7, 11) is 0. The van der Waals surface area contributed by atoms with Gasteiger partial charge in [-0.1, -0.05) is 48.0 Å². The molecule has 2 heterocycles. The Bertz CT molecular complexity index is 1080. The summed E-state index contributed by atoms with van der Waals surface area (Å²) in [6.45, 7) is 3.81. The van der Waals surface area contributed by atoms with E-state index in [1.54, 1.807) is 37.3 Å². The van der Waals surface area contributed by atoms with Crippen LogP contribution in [0.2, 0.25) is 0 Å². The van der Waals surface area contributed by atoms with Gasteiger partial charge in [-0.05, 0) is 44.4 Å². The number of piperidine rings is 1. The second kappa shape index (κ2) is 8.11. The van der Waals surface area contributed by atoms with Gasteiger partial charge in [-0.2, -0.15) is 13.2 Å². The molecule has 1 saturated heterocycles. The molecule has 0 spiro atoms. The molecule has 3 aromatic rings. The van der Waals surface area contributed by atoms with Gasteiger partial charge in [0.15, 0.2) is 0 Å². The first-order valence-corrected chi connectivity index (χ1v) is 11.0. The lowest BCUT2D eigenvalue weighted by molar-refractivity contribution is -0.201. The van der Waals surface area contributed by atoms with Crippen molar-refractivity contribution in [1.82, 2.24) is 9.88 Å². The number of aromatic nitrogens is 1. The molecule has 7 heteroatoms. The highest BCUT2D eigenvalue weighted by atomic mass is 32.1. The number of nitrogens with zero attached hydrogens (tertiary/aromatic N) is 2. The van der Waals surface area contributed by atoms with E-state index in [1.807, 2.05) is 31.2 Å². The second-order valence-corrected chi connectivity index (χ2v) is 9.04. The maximum atomic E-state index is 14.4. The van der Waals surface area contributed by atoms with Crippen LogP contribution in [0.3, 0.4) is 0 Å². The minimum atomic E-state index is -4.44. The minimum absolute atomic E-state index is 0.0473. The number of aryl methyl sites for hydroxylation is 2. The summed E-state index contributed by atoms with van der Waals surface area (Å²) in [6, 6.07) is 16.4. The molecule has 162 valence electrons. The monoisotopic (exact) mass is 444 g/mol. The molecule has 0 N–H and O–H groups in total. The van der Waals surface area contributed by atoms with Crippen molar-refractivity contribution in [1.29, 1.82) is 0 Å². The summed E-state index contributed by atoms with van der Waals surface area (Å²) >= 11 is 1.12. The second-order valence-electron chi connectivity index (χ2n) is 8.04. The number of hydrogen-bond donors (Lipinski definition) is 0. The molecule has 0 radical (unpaired) electrons. The Hall–Kier alpha value is -2.67. The molecular weight excluding hydrogens is 421 g/mol. The van der Waals surface area contributed by atoms with Crippen LogP contribution in [0.15, 0.2) is 54.6 Å². The van der Waals surface area contributed by atoms with E-state index >= 15 is 0 Å². The van der Waals surface area contributed by atoms with Gasteiger partial charge in [-0.15, -0.1) is 11.3 Å². The SMILES string of the molecule is Cc1cccc(-c2sc(C3(C(F)(F)F)CCN(C(=O)c4ccccc4)CC3)nc2C)c1. The van der Waals surface area contributed by atoms with Crippen molar-refractivity contribution in [3.63, 3.8) is 0 Å². The molecule has 0 atom stereocenters. The highest BCUT2D eigenvalue weighted by Crippen LogP contribution is 2.51. The van der Waals surface area contributed by atoms with E-state index < -0.39 is 11.6 Å². The Labute approximate surface area is 183 Å². The van der Waals surface area contributed by atoms with Gasteiger partial charge < -0.3 is 4.90 Å². The molecule has 31 heavy (non-hydrogen) atoms. The van der Waals surface area contributed by atoms with Gasteiger partial charge in [-0.25, -0.2) is 4.98 Å². The average molecular weight is 445 g/mol. The predicted molar refractivity (Wildman–Crippen MR) is 116 cm³/mol. The molecule has 0 unspecified atom stereocenters. The molecule has 1 amide bonds. The van der Waals surface area contributed by atoms with Crippen LogP contribution in [0, 0.1) is 13.8 Å². The van der Waals surface area contributed by atoms with Crippen molar-refractivity contribution in [2.24, 2.45) is 0 Å². The van der Waals surface area contributed by atoms with Crippen molar-refractivity contribution in [2.45, 2.75) is 38.3 Å². The zero-order valence-corrected chi connectivity index (χ0v) is 18.2. The van der Waals surface area contributed by atoms with Gasteiger partial charge in [0, 0.05) is 18.7 Å². The summed E-state index contributed by atoms with van der Waals surface area (Å²) in [6.07, 6.45) is -4.81. The fraction of sp³-hybridized carbons (Fsp3) is 0.333. The third-order valence-electron chi connectivity index (χ3n) is 5.95. The Morgan fingerprint density at radius 2 is 1.71 bits per heavy atom. The summed E-state index contributed by atoms with van der Waals surface area (Å²) in [5.74, 6) is -0.229. The van der Waals surface area contributed by atoms with E-state index in [-0.39, 0.29) is 36.8 Å². The average Bonchev–Trinajstić information content (AvgIpc) is 3.15. The van der Waals surface area contributed by atoms with Crippen LogP contribution in [0.1, 0.15) is 39.5 Å². The van der Waals surface area contributed by atoms with Crippen LogP contribution in [-0.4, -0.2) is 35.1 Å². The van der Waals surface area contributed by atoms with E-state index in [1.165, 1.54) is 4.90 Å². The zero-order chi connectivity index (χ0) is 22.2. The highest BCUT2D eigenvalue weighted by molar-refractivity contribution is 7.15. The molecule has 0 aliphatic carbocycles. The van der Waals surface area contributed by atoms with E-state index in [2.05, 4.69) is 4.98 Å². The summed E-state index contributed by atoms with van der Waals surface area (Å²) in [5.41, 5.74) is 1.00. The molecule has 0 bridgehead atoms. The lowest BCUT2D eigenvalue weighted by Gasteiger charge is -2.41.